The van der Waals surface area contributed by atoms with Crippen molar-refractivity contribution in [1.82, 2.24) is 9.29 Å². The first-order valence-corrected chi connectivity index (χ1v) is 9.25. The molecule has 1 N–H and O–H groups in total. The van der Waals surface area contributed by atoms with Crippen LogP contribution in [0, 0.1) is 11.8 Å². The molecule has 2 unspecified atom stereocenters. The number of hydrogen-bond acceptors (Lipinski definition) is 4. The highest BCUT2D eigenvalue weighted by Crippen LogP contribution is 2.39. The van der Waals surface area contributed by atoms with E-state index in [0.29, 0.717) is 29.8 Å². The van der Waals surface area contributed by atoms with Gasteiger partial charge in [-0.05, 0) is 43.2 Å². The van der Waals surface area contributed by atoms with E-state index >= 15 is 0 Å². The quantitative estimate of drug-likeness (QED) is 0.907. The Hall–Kier alpha value is -1.14. The SMILES string of the molecule is CCCNc1ccc(S(=O)(=O)N2CC3CCCC3C2)cn1. The number of fused-ring (bicyclic) bond motifs is 1. The zero-order valence-electron chi connectivity index (χ0n) is 12.5. The second-order valence-electron chi connectivity index (χ2n) is 6.08. The second-order valence-corrected chi connectivity index (χ2v) is 8.02. The maximum atomic E-state index is 12.7. The lowest BCUT2D eigenvalue weighted by molar-refractivity contribution is 0.445. The molecule has 2 atom stereocenters. The molecule has 1 aliphatic carbocycles. The standard InChI is InChI=1S/C15H23N3O2S/c1-2-8-16-15-7-6-14(9-17-15)21(19,20)18-10-12-4-3-5-13(12)11-18/h6-7,9,12-13H,2-5,8,10-11H2,1H3,(H,16,17). The predicted octanol–water partition coefficient (Wildman–Crippen LogP) is 2.32. The highest BCUT2D eigenvalue weighted by atomic mass is 32.2. The number of pyridine rings is 1. The number of nitrogens with zero attached hydrogens (tertiary/aromatic N) is 2. The van der Waals surface area contributed by atoms with Gasteiger partial charge >= 0.3 is 0 Å². The summed E-state index contributed by atoms with van der Waals surface area (Å²) in [6, 6.07) is 3.41. The van der Waals surface area contributed by atoms with Gasteiger partial charge < -0.3 is 5.32 Å². The van der Waals surface area contributed by atoms with Crippen molar-refractivity contribution < 1.29 is 8.42 Å². The van der Waals surface area contributed by atoms with Crippen LogP contribution in [0.15, 0.2) is 23.2 Å². The van der Waals surface area contributed by atoms with Crippen LogP contribution in [-0.4, -0.2) is 37.3 Å². The van der Waals surface area contributed by atoms with E-state index in [2.05, 4.69) is 17.2 Å². The molecule has 1 aromatic heterocycles. The summed E-state index contributed by atoms with van der Waals surface area (Å²) in [5.41, 5.74) is 0. The lowest BCUT2D eigenvalue weighted by Gasteiger charge is -2.17. The van der Waals surface area contributed by atoms with Crippen LogP contribution >= 0.6 is 0 Å². The maximum Gasteiger partial charge on any atom is 0.244 e. The van der Waals surface area contributed by atoms with Gasteiger partial charge in [0.15, 0.2) is 0 Å². The van der Waals surface area contributed by atoms with Crippen molar-refractivity contribution in [3.8, 4) is 0 Å². The largest absolute Gasteiger partial charge is 0.370 e. The van der Waals surface area contributed by atoms with Crippen LogP contribution in [-0.2, 0) is 10.0 Å². The second kappa shape index (κ2) is 5.93. The summed E-state index contributed by atoms with van der Waals surface area (Å²) in [5, 5.41) is 3.16. The van der Waals surface area contributed by atoms with Gasteiger partial charge in [-0.15, -0.1) is 0 Å². The lowest BCUT2D eigenvalue weighted by atomic mass is 10.0. The van der Waals surface area contributed by atoms with Crippen molar-refractivity contribution in [2.45, 2.75) is 37.5 Å². The topological polar surface area (TPSA) is 62.3 Å². The van der Waals surface area contributed by atoms with Crippen molar-refractivity contribution in [2.24, 2.45) is 11.8 Å². The Balaban J connectivity index is 1.73. The number of anilines is 1. The molecule has 6 heteroatoms. The van der Waals surface area contributed by atoms with Gasteiger partial charge in [0.2, 0.25) is 10.0 Å². The molecule has 21 heavy (non-hydrogen) atoms. The van der Waals surface area contributed by atoms with Gasteiger partial charge in [-0.3, -0.25) is 0 Å². The monoisotopic (exact) mass is 309 g/mol. The lowest BCUT2D eigenvalue weighted by Crippen LogP contribution is -2.29. The average molecular weight is 309 g/mol. The summed E-state index contributed by atoms with van der Waals surface area (Å²) in [5.74, 6) is 1.87. The number of sulfonamides is 1. The van der Waals surface area contributed by atoms with Gasteiger partial charge in [-0.25, -0.2) is 13.4 Å². The normalized spacial score (nSPS) is 26.0. The fourth-order valence-electron chi connectivity index (χ4n) is 3.43. The van der Waals surface area contributed by atoms with E-state index in [1.807, 2.05) is 0 Å². The van der Waals surface area contributed by atoms with E-state index in [-0.39, 0.29) is 0 Å². The van der Waals surface area contributed by atoms with Gasteiger partial charge in [0, 0.05) is 25.8 Å². The summed E-state index contributed by atoms with van der Waals surface area (Å²) in [6.45, 7) is 4.29. The van der Waals surface area contributed by atoms with E-state index in [1.54, 1.807) is 16.4 Å². The molecule has 1 saturated carbocycles. The van der Waals surface area contributed by atoms with Gasteiger partial charge in [0.25, 0.3) is 0 Å². The fraction of sp³-hybridized carbons (Fsp3) is 0.667. The third-order valence-corrected chi connectivity index (χ3v) is 6.44. The summed E-state index contributed by atoms with van der Waals surface area (Å²) in [7, 11) is -3.37. The molecule has 2 aliphatic rings. The zero-order chi connectivity index (χ0) is 14.9. The number of rotatable bonds is 5. The molecule has 0 aromatic carbocycles. The minimum absolute atomic E-state index is 0.310. The number of aromatic nitrogens is 1. The molecule has 2 fully saturated rings. The van der Waals surface area contributed by atoms with Crippen molar-refractivity contribution in [1.29, 1.82) is 0 Å². The molecule has 2 heterocycles. The molecule has 5 nitrogen and oxygen atoms in total. The van der Waals surface area contributed by atoms with E-state index in [0.717, 1.165) is 18.8 Å². The van der Waals surface area contributed by atoms with Crippen LogP contribution in [0.3, 0.4) is 0 Å². The number of hydrogen-bond donors (Lipinski definition) is 1. The van der Waals surface area contributed by atoms with Gasteiger partial charge in [-0.1, -0.05) is 13.3 Å². The first-order valence-electron chi connectivity index (χ1n) is 7.81. The minimum Gasteiger partial charge on any atom is -0.370 e. The molecule has 0 radical (unpaired) electrons. The third-order valence-electron chi connectivity index (χ3n) is 4.62. The molecule has 0 amide bonds. The first kappa shape index (κ1) is 14.8. The average Bonchev–Trinajstić information content (AvgIpc) is 3.07. The predicted molar refractivity (Wildman–Crippen MR) is 82.6 cm³/mol. The summed E-state index contributed by atoms with van der Waals surface area (Å²) < 4.78 is 27.0. The van der Waals surface area contributed by atoms with Crippen molar-refractivity contribution in [3.05, 3.63) is 18.3 Å². The molecule has 116 valence electrons. The molecule has 1 aromatic rings. The highest BCUT2D eigenvalue weighted by Gasteiger charge is 2.41. The Morgan fingerprint density at radius 3 is 2.57 bits per heavy atom. The third kappa shape index (κ3) is 2.92. The van der Waals surface area contributed by atoms with Gasteiger partial charge in [0.1, 0.15) is 10.7 Å². The Morgan fingerprint density at radius 2 is 2.00 bits per heavy atom. The first-order chi connectivity index (χ1) is 10.1. The Morgan fingerprint density at radius 1 is 1.29 bits per heavy atom. The van der Waals surface area contributed by atoms with Gasteiger partial charge in [0.05, 0.1) is 0 Å². The van der Waals surface area contributed by atoms with Crippen molar-refractivity contribution in [2.75, 3.05) is 25.0 Å². The smallest absolute Gasteiger partial charge is 0.244 e. The highest BCUT2D eigenvalue weighted by molar-refractivity contribution is 7.89. The van der Waals surface area contributed by atoms with Gasteiger partial charge in [-0.2, -0.15) is 4.31 Å². The van der Waals surface area contributed by atoms with Crippen LogP contribution in [0.25, 0.3) is 0 Å². The summed E-state index contributed by atoms with van der Waals surface area (Å²) in [4.78, 5) is 4.52. The fourth-order valence-corrected chi connectivity index (χ4v) is 4.93. The Bertz CT molecular complexity index is 573. The van der Waals surface area contributed by atoms with Crippen molar-refractivity contribution in [3.63, 3.8) is 0 Å². The van der Waals surface area contributed by atoms with Crippen molar-refractivity contribution >= 4 is 15.8 Å². The zero-order valence-corrected chi connectivity index (χ0v) is 13.3. The number of nitrogens with one attached hydrogen (secondary N) is 1. The molecule has 0 bridgehead atoms. The van der Waals surface area contributed by atoms with Crippen LogP contribution in [0.2, 0.25) is 0 Å². The van der Waals surface area contributed by atoms with Crippen LogP contribution in [0.4, 0.5) is 5.82 Å². The van der Waals surface area contributed by atoms with E-state index in [1.165, 1.54) is 25.5 Å². The molecule has 0 spiro atoms. The molecule has 1 saturated heterocycles. The maximum absolute atomic E-state index is 12.7. The molecule has 3 rings (SSSR count). The molecular formula is C15H23N3O2S. The minimum atomic E-state index is -3.37. The Labute approximate surface area is 126 Å². The van der Waals surface area contributed by atoms with Crippen LogP contribution in [0.1, 0.15) is 32.6 Å². The van der Waals surface area contributed by atoms with Crippen LogP contribution < -0.4 is 5.32 Å². The molecular weight excluding hydrogens is 286 g/mol. The molecule has 1 aliphatic heterocycles. The summed E-state index contributed by atoms with van der Waals surface area (Å²) >= 11 is 0. The van der Waals surface area contributed by atoms with Crippen LogP contribution in [0.5, 0.6) is 0 Å². The summed E-state index contributed by atoms with van der Waals surface area (Å²) in [6.07, 6.45) is 6.09. The van der Waals surface area contributed by atoms with E-state index in [4.69, 9.17) is 0 Å². The Kier molecular flexibility index (Phi) is 4.17. The van der Waals surface area contributed by atoms with E-state index < -0.39 is 10.0 Å². The van der Waals surface area contributed by atoms with E-state index in [9.17, 15) is 8.42 Å².